The van der Waals surface area contributed by atoms with Crippen LogP contribution in [0.2, 0.25) is 0 Å². The summed E-state index contributed by atoms with van der Waals surface area (Å²) in [6, 6.07) is -1.30. The molecule has 5 rings (SSSR count). The summed E-state index contributed by atoms with van der Waals surface area (Å²) in [7, 11) is 0. The minimum Gasteiger partial charge on any atom is -0.363 e. The van der Waals surface area contributed by atoms with Crippen molar-refractivity contribution in [1.29, 1.82) is 0 Å². The quantitative estimate of drug-likeness (QED) is 0.108. The molecule has 7 atom stereocenters. The van der Waals surface area contributed by atoms with Crippen molar-refractivity contribution in [3.8, 4) is 0 Å². The number of hydrogen-bond donors (Lipinski definition) is 6. The lowest BCUT2D eigenvalue weighted by Gasteiger charge is -2.48. The van der Waals surface area contributed by atoms with E-state index in [2.05, 4.69) is 31.5 Å². The van der Waals surface area contributed by atoms with Crippen molar-refractivity contribution in [3.05, 3.63) is 16.9 Å². The fourth-order valence-electron chi connectivity index (χ4n) is 6.46. The molecular formula is C25H38N10O6S. The number of thioether (sulfide) groups is 1. The molecule has 0 bridgehead atoms. The Morgan fingerprint density at radius 2 is 2.07 bits per heavy atom. The monoisotopic (exact) mass is 606 g/mol. The molecule has 17 heteroatoms. The maximum atomic E-state index is 13.2. The standard InChI is InChI=1S/C25H38N10O6S/c1-12-20-19(13(2)29-18(37)10-34-11-28-31-32-34)24(39)35(20)21(25(40)41)22(12)42-15-7-16(27-8-15)23(38)33-6-4-14(9-33)30-17(36)3-5-26/h11-16,19-20,25,27,40-41H,3-10,26H2,1-2H3,(H,29,37)(H,30,36)/t12-,13?,14-,15+,16+,19-,20-/m1/s1. The number of likely N-dealkylation sites (tertiary alicyclic amines) is 1. The molecule has 3 fully saturated rings. The zero-order chi connectivity index (χ0) is 30.1. The fraction of sp³-hybridized carbons (Fsp3) is 0.720. The number of nitrogens with zero attached hydrogens (tertiary/aromatic N) is 6. The SMILES string of the molecule is CC(NC(=O)Cn1cnnn1)[C@H]1C(=O)N2C(C(O)O)=C(S[C@@H]3CN[C@H](C(=O)N4CC[C@@H](NC(=O)CCN)C4)C3)[C@H](C)[C@H]12. The van der Waals surface area contributed by atoms with Crippen LogP contribution in [-0.4, -0.2) is 126 Å². The molecule has 5 heterocycles. The van der Waals surface area contributed by atoms with Gasteiger partial charge in [-0.1, -0.05) is 6.92 Å². The number of carbonyl (C=O) groups is 4. The molecule has 0 saturated carbocycles. The van der Waals surface area contributed by atoms with E-state index in [9.17, 15) is 29.4 Å². The van der Waals surface area contributed by atoms with E-state index in [1.165, 1.54) is 27.7 Å². The highest BCUT2D eigenvalue weighted by atomic mass is 32.2. The van der Waals surface area contributed by atoms with Crippen molar-refractivity contribution in [3.63, 3.8) is 0 Å². The van der Waals surface area contributed by atoms with Gasteiger partial charge < -0.3 is 41.7 Å². The molecule has 0 aliphatic carbocycles. The average molecular weight is 607 g/mol. The third-order valence-corrected chi connectivity index (χ3v) is 9.94. The van der Waals surface area contributed by atoms with Crippen molar-refractivity contribution in [2.75, 3.05) is 26.2 Å². The molecule has 7 N–H and O–H groups in total. The van der Waals surface area contributed by atoms with Crippen molar-refractivity contribution >= 4 is 35.4 Å². The molecule has 42 heavy (non-hydrogen) atoms. The van der Waals surface area contributed by atoms with Gasteiger partial charge in [0, 0.05) is 60.8 Å². The van der Waals surface area contributed by atoms with Gasteiger partial charge in [0.2, 0.25) is 23.6 Å². The lowest BCUT2D eigenvalue weighted by Crippen LogP contribution is -2.66. The van der Waals surface area contributed by atoms with Crippen LogP contribution in [0, 0.1) is 11.8 Å². The van der Waals surface area contributed by atoms with Gasteiger partial charge in [0.15, 0.2) is 6.29 Å². The zero-order valence-electron chi connectivity index (χ0n) is 23.5. The number of fused-ring (bicyclic) bond motifs is 1. The molecule has 1 aromatic heterocycles. The largest absolute Gasteiger partial charge is 0.363 e. The van der Waals surface area contributed by atoms with Crippen LogP contribution in [0.5, 0.6) is 0 Å². The first kappa shape index (κ1) is 30.3. The van der Waals surface area contributed by atoms with Gasteiger partial charge in [0.25, 0.3) is 0 Å². The summed E-state index contributed by atoms with van der Waals surface area (Å²) >= 11 is 1.47. The molecule has 4 aliphatic rings. The Balaban J connectivity index is 1.17. The van der Waals surface area contributed by atoms with Crippen LogP contribution in [0.4, 0.5) is 0 Å². The molecule has 0 spiro atoms. The molecule has 3 saturated heterocycles. The van der Waals surface area contributed by atoms with Crippen molar-refractivity contribution in [1.82, 2.24) is 46.0 Å². The number of tetrazole rings is 1. The lowest BCUT2D eigenvalue weighted by molar-refractivity contribution is -0.159. The van der Waals surface area contributed by atoms with Crippen molar-refractivity contribution < 1.29 is 29.4 Å². The Labute approximate surface area is 246 Å². The van der Waals surface area contributed by atoms with Crippen LogP contribution in [0.15, 0.2) is 16.9 Å². The number of nitrogens with two attached hydrogens (primary N) is 1. The third-order valence-electron chi connectivity index (χ3n) is 8.41. The second-order valence-corrected chi connectivity index (χ2v) is 12.7. The Morgan fingerprint density at radius 1 is 1.29 bits per heavy atom. The maximum Gasteiger partial charge on any atom is 0.242 e. The van der Waals surface area contributed by atoms with E-state index >= 15 is 0 Å². The van der Waals surface area contributed by atoms with Crippen LogP contribution in [-0.2, 0) is 25.7 Å². The van der Waals surface area contributed by atoms with E-state index in [-0.39, 0.29) is 78.1 Å². The summed E-state index contributed by atoms with van der Waals surface area (Å²) in [5.74, 6) is -1.48. The molecular weight excluding hydrogens is 568 g/mol. The predicted molar refractivity (Wildman–Crippen MR) is 149 cm³/mol. The summed E-state index contributed by atoms with van der Waals surface area (Å²) in [6.07, 6.45) is 0.979. The summed E-state index contributed by atoms with van der Waals surface area (Å²) < 4.78 is 1.28. The Morgan fingerprint density at radius 3 is 2.76 bits per heavy atom. The van der Waals surface area contributed by atoms with E-state index in [1.807, 2.05) is 6.92 Å². The van der Waals surface area contributed by atoms with E-state index < -0.39 is 18.2 Å². The Bertz CT molecular complexity index is 1230. The number of rotatable bonds is 11. The predicted octanol–water partition coefficient (Wildman–Crippen LogP) is -3.29. The zero-order valence-corrected chi connectivity index (χ0v) is 24.4. The molecule has 4 aliphatic heterocycles. The Kier molecular flexibility index (Phi) is 9.12. The van der Waals surface area contributed by atoms with Crippen LogP contribution >= 0.6 is 11.8 Å². The number of aliphatic hydroxyl groups is 2. The molecule has 0 aromatic carbocycles. The van der Waals surface area contributed by atoms with Gasteiger partial charge in [-0.3, -0.25) is 19.2 Å². The average Bonchev–Trinajstić information content (AvgIpc) is 3.73. The third kappa shape index (κ3) is 6.01. The van der Waals surface area contributed by atoms with E-state index in [1.54, 1.807) is 11.8 Å². The first-order valence-electron chi connectivity index (χ1n) is 14.2. The van der Waals surface area contributed by atoms with Crippen molar-refractivity contribution in [2.24, 2.45) is 17.6 Å². The highest BCUT2D eigenvalue weighted by Crippen LogP contribution is 2.52. The number of amides is 4. The van der Waals surface area contributed by atoms with Gasteiger partial charge in [0.1, 0.15) is 12.9 Å². The summed E-state index contributed by atoms with van der Waals surface area (Å²) in [6.45, 7) is 5.46. The molecule has 230 valence electrons. The topological polar surface area (TPSA) is 221 Å². The molecule has 1 unspecified atom stereocenters. The minimum atomic E-state index is -1.84. The smallest absolute Gasteiger partial charge is 0.242 e. The normalized spacial score (nSPS) is 29.6. The van der Waals surface area contributed by atoms with Gasteiger partial charge in [-0.15, -0.1) is 16.9 Å². The number of carbonyl (C=O) groups excluding carboxylic acids is 4. The van der Waals surface area contributed by atoms with Crippen LogP contribution in [0.3, 0.4) is 0 Å². The van der Waals surface area contributed by atoms with Crippen molar-refractivity contribution in [2.45, 2.75) is 75.4 Å². The van der Waals surface area contributed by atoms with E-state index in [0.29, 0.717) is 37.4 Å². The summed E-state index contributed by atoms with van der Waals surface area (Å²) in [4.78, 5) is 54.7. The molecule has 16 nitrogen and oxygen atoms in total. The number of hydrogen-bond acceptors (Lipinski definition) is 12. The maximum absolute atomic E-state index is 13.2. The first-order valence-corrected chi connectivity index (χ1v) is 15.1. The molecule has 1 aromatic rings. The van der Waals surface area contributed by atoms with E-state index in [4.69, 9.17) is 5.73 Å². The van der Waals surface area contributed by atoms with Gasteiger partial charge >= 0.3 is 0 Å². The first-order chi connectivity index (χ1) is 20.1. The minimum absolute atomic E-state index is 0.0187. The number of aliphatic hydroxyl groups excluding tert-OH is 1. The highest BCUT2D eigenvalue weighted by Gasteiger charge is 2.60. The van der Waals surface area contributed by atoms with Crippen LogP contribution in [0.1, 0.15) is 33.1 Å². The van der Waals surface area contributed by atoms with Gasteiger partial charge in [-0.25, -0.2) is 4.68 Å². The van der Waals surface area contributed by atoms with E-state index in [0.717, 1.165) is 0 Å². The second-order valence-electron chi connectivity index (χ2n) is 11.3. The second kappa shape index (κ2) is 12.6. The van der Waals surface area contributed by atoms with Crippen LogP contribution in [0.25, 0.3) is 0 Å². The summed E-state index contributed by atoms with van der Waals surface area (Å²) in [5.41, 5.74) is 5.62. The lowest BCUT2D eigenvalue weighted by atomic mass is 9.78. The van der Waals surface area contributed by atoms with Gasteiger partial charge in [0.05, 0.1) is 23.7 Å². The molecule has 0 radical (unpaired) electrons. The fourth-order valence-corrected chi connectivity index (χ4v) is 7.97. The summed E-state index contributed by atoms with van der Waals surface area (Å²) in [5, 5.41) is 40.3. The van der Waals surface area contributed by atoms with Gasteiger partial charge in [-0.2, -0.15) is 0 Å². The number of β-lactam (4-membered cyclic amide) rings is 1. The highest BCUT2D eigenvalue weighted by molar-refractivity contribution is 8.03. The van der Waals surface area contributed by atoms with Gasteiger partial charge in [-0.05, 0) is 30.2 Å². The molecule has 4 amide bonds. The Hall–Kier alpha value is -3.12. The number of aromatic nitrogens is 4. The van der Waals surface area contributed by atoms with Crippen LogP contribution < -0.4 is 21.7 Å². The number of nitrogens with one attached hydrogen (secondary N) is 3.